The van der Waals surface area contributed by atoms with Crippen LogP contribution in [-0.2, 0) is 6.54 Å². The van der Waals surface area contributed by atoms with Gasteiger partial charge in [-0.05, 0) is 42.3 Å². The first-order valence-electron chi connectivity index (χ1n) is 9.30. The Morgan fingerprint density at radius 2 is 1.86 bits per heavy atom. The summed E-state index contributed by atoms with van der Waals surface area (Å²) in [6.45, 7) is 2.41. The predicted octanol–water partition coefficient (Wildman–Crippen LogP) is 3.03. The van der Waals surface area contributed by atoms with Crippen LogP contribution in [0.1, 0.15) is 27.0 Å². The van der Waals surface area contributed by atoms with Gasteiger partial charge in [0.1, 0.15) is 5.56 Å². The first-order chi connectivity index (χ1) is 13.9. The number of amides is 1. The molecule has 148 valence electrons. The number of hydrogen-bond acceptors (Lipinski definition) is 4. The summed E-state index contributed by atoms with van der Waals surface area (Å²) in [5.74, 6) is -0.533. The highest BCUT2D eigenvalue weighted by molar-refractivity contribution is 5.94. The van der Waals surface area contributed by atoms with E-state index in [9.17, 15) is 9.59 Å². The van der Waals surface area contributed by atoms with Crippen molar-refractivity contribution in [1.29, 1.82) is 0 Å². The molecule has 0 radical (unpaired) electrons. The second-order valence-electron chi connectivity index (χ2n) is 7.03. The van der Waals surface area contributed by atoms with Crippen molar-refractivity contribution in [3.63, 3.8) is 0 Å². The molecule has 1 amide bonds. The van der Waals surface area contributed by atoms with Gasteiger partial charge in [0.2, 0.25) is 0 Å². The number of nitrogens with one attached hydrogen (secondary N) is 1. The van der Waals surface area contributed by atoms with Crippen LogP contribution in [0, 0.1) is 6.92 Å². The third kappa shape index (κ3) is 5.19. The molecule has 0 atom stereocenters. The van der Waals surface area contributed by atoms with E-state index in [1.807, 2.05) is 74.4 Å². The zero-order chi connectivity index (χ0) is 20.8. The lowest BCUT2D eigenvalue weighted by atomic mass is 10.1. The molecular formula is C23H24N4O2. The highest BCUT2D eigenvalue weighted by Crippen LogP contribution is 2.11. The molecule has 0 aliphatic carbocycles. The largest absolute Gasteiger partial charge is 0.378 e. The summed E-state index contributed by atoms with van der Waals surface area (Å²) in [5, 5.41) is 3.97. The van der Waals surface area contributed by atoms with E-state index in [4.69, 9.17) is 0 Å². The summed E-state index contributed by atoms with van der Waals surface area (Å²) < 4.78 is 1.52. The van der Waals surface area contributed by atoms with Crippen LogP contribution in [0.25, 0.3) is 0 Å². The summed E-state index contributed by atoms with van der Waals surface area (Å²) in [6, 6.07) is 18.9. The number of pyridine rings is 1. The van der Waals surface area contributed by atoms with Gasteiger partial charge in [0.05, 0.1) is 12.8 Å². The maximum atomic E-state index is 12.7. The average Bonchev–Trinajstić information content (AvgIpc) is 2.70. The molecule has 3 aromatic rings. The molecule has 6 nitrogen and oxygen atoms in total. The molecule has 0 saturated heterocycles. The Morgan fingerprint density at radius 3 is 2.55 bits per heavy atom. The van der Waals surface area contributed by atoms with E-state index in [1.54, 1.807) is 18.5 Å². The number of carbonyl (C=O) groups is 1. The molecule has 0 aliphatic heterocycles. The van der Waals surface area contributed by atoms with Gasteiger partial charge in [-0.15, -0.1) is 0 Å². The summed E-state index contributed by atoms with van der Waals surface area (Å²) >= 11 is 0. The highest BCUT2D eigenvalue weighted by atomic mass is 16.2. The molecule has 1 heterocycles. The molecule has 29 heavy (non-hydrogen) atoms. The molecule has 3 rings (SSSR count). The lowest BCUT2D eigenvalue weighted by Crippen LogP contribution is -2.30. The molecule has 0 spiro atoms. The van der Waals surface area contributed by atoms with Crippen LogP contribution in [0.4, 0.5) is 5.69 Å². The van der Waals surface area contributed by atoms with Crippen molar-refractivity contribution in [2.75, 3.05) is 19.0 Å². The number of carbonyl (C=O) groups excluding carboxylic acids is 1. The zero-order valence-electron chi connectivity index (χ0n) is 16.8. The van der Waals surface area contributed by atoms with E-state index in [1.165, 1.54) is 10.6 Å². The number of rotatable bonds is 6. The van der Waals surface area contributed by atoms with Crippen molar-refractivity contribution < 1.29 is 4.79 Å². The van der Waals surface area contributed by atoms with Gasteiger partial charge in [0.25, 0.3) is 11.5 Å². The smallest absolute Gasteiger partial charge is 0.276 e. The van der Waals surface area contributed by atoms with E-state index in [2.05, 4.69) is 10.5 Å². The second kappa shape index (κ2) is 9.01. The van der Waals surface area contributed by atoms with E-state index in [-0.39, 0.29) is 11.1 Å². The number of aromatic nitrogens is 1. The van der Waals surface area contributed by atoms with Gasteiger partial charge in [-0.3, -0.25) is 9.59 Å². The Morgan fingerprint density at radius 1 is 1.10 bits per heavy atom. The quantitative estimate of drug-likeness (QED) is 0.521. The highest BCUT2D eigenvalue weighted by Gasteiger charge is 2.11. The van der Waals surface area contributed by atoms with Crippen molar-refractivity contribution >= 4 is 17.8 Å². The van der Waals surface area contributed by atoms with E-state index < -0.39 is 5.91 Å². The summed E-state index contributed by atoms with van der Waals surface area (Å²) in [4.78, 5) is 27.1. The maximum Gasteiger partial charge on any atom is 0.276 e. The van der Waals surface area contributed by atoms with Crippen LogP contribution in [0.3, 0.4) is 0 Å². The van der Waals surface area contributed by atoms with E-state index in [0.717, 1.165) is 22.4 Å². The number of benzene rings is 2. The van der Waals surface area contributed by atoms with E-state index >= 15 is 0 Å². The van der Waals surface area contributed by atoms with Crippen LogP contribution in [0.15, 0.2) is 76.8 Å². The minimum atomic E-state index is -0.533. The van der Waals surface area contributed by atoms with Crippen LogP contribution >= 0.6 is 0 Å². The lowest BCUT2D eigenvalue weighted by Gasteiger charge is -2.11. The SMILES string of the molecule is Cc1cccc(Cn2cccc(C(=O)N/N=C\c3ccc(N(C)C)cc3)c2=O)c1. The van der Waals surface area contributed by atoms with Crippen molar-refractivity contribution in [2.24, 2.45) is 5.10 Å². The second-order valence-corrected chi connectivity index (χ2v) is 7.03. The molecule has 0 saturated carbocycles. The standard InChI is InChI=1S/C23H24N4O2/c1-17-6-4-7-19(14-17)16-27-13-5-8-21(23(27)29)22(28)25-24-15-18-9-11-20(12-10-18)26(2)3/h4-15H,16H2,1-3H3,(H,25,28)/b24-15-. The minimum Gasteiger partial charge on any atom is -0.378 e. The third-order valence-corrected chi connectivity index (χ3v) is 4.49. The molecule has 2 aromatic carbocycles. The molecule has 1 N–H and O–H groups in total. The van der Waals surface area contributed by atoms with Crippen molar-refractivity contribution in [1.82, 2.24) is 9.99 Å². The summed E-state index contributed by atoms with van der Waals surface area (Å²) in [5.41, 5.74) is 6.19. The molecular weight excluding hydrogens is 364 g/mol. The first-order valence-corrected chi connectivity index (χ1v) is 9.30. The van der Waals surface area contributed by atoms with E-state index in [0.29, 0.717) is 6.54 Å². The fourth-order valence-electron chi connectivity index (χ4n) is 2.93. The van der Waals surface area contributed by atoms with Gasteiger partial charge >= 0.3 is 0 Å². The zero-order valence-corrected chi connectivity index (χ0v) is 16.8. The van der Waals surface area contributed by atoms with Crippen molar-refractivity contribution in [2.45, 2.75) is 13.5 Å². The molecule has 1 aromatic heterocycles. The van der Waals surface area contributed by atoms with Gasteiger partial charge in [-0.1, -0.05) is 42.0 Å². The summed E-state index contributed by atoms with van der Waals surface area (Å²) in [7, 11) is 3.93. The third-order valence-electron chi connectivity index (χ3n) is 4.49. The number of aryl methyl sites for hydroxylation is 1. The minimum absolute atomic E-state index is 0.0558. The Balaban J connectivity index is 1.70. The van der Waals surface area contributed by atoms with Gasteiger partial charge < -0.3 is 9.47 Å². The van der Waals surface area contributed by atoms with Gasteiger partial charge in [-0.25, -0.2) is 5.43 Å². The number of hydrazone groups is 1. The molecule has 0 aliphatic rings. The van der Waals surface area contributed by atoms with Crippen LogP contribution in [0.2, 0.25) is 0 Å². The van der Waals surface area contributed by atoms with Gasteiger partial charge in [0.15, 0.2) is 0 Å². The maximum absolute atomic E-state index is 12.7. The Hall–Kier alpha value is -3.67. The topological polar surface area (TPSA) is 66.7 Å². The van der Waals surface area contributed by atoms with Crippen LogP contribution in [-0.4, -0.2) is 30.8 Å². The van der Waals surface area contributed by atoms with Gasteiger partial charge in [-0.2, -0.15) is 5.10 Å². The monoisotopic (exact) mass is 388 g/mol. The van der Waals surface area contributed by atoms with Crippen LogP contribution in [0.5, 0.6) is 0 Å². The van der Waals surface area contributed by atoms with Crippen LogP contribution < -0.4 is 15.9 Å². The fraction of sp³-hybridized carbons (Fsp3) is 0.174. The molecule has 0 bridgehead atoms. The van der Waals surface area contributed by atoms with Crippen molar-refractivity contribution in [3.05, 3.63) is 99.5 Å². The molecule has 6 heteroatoms. The Bertz CT molecular complexity index is 1080. The van der Waals surface area contributed by atoms with Crippen molar-refractivity contribution in [3.8, 4) is 0 Å². The van der Waals surface area contributed by atoms with Gasteiger partial charge in [0, 0.05) is 26.0 Å². The lowest BCUT2D eigenvalue weighted by molar-refractivity contribution is 0.0953. The average molecular weight is 388 g/mol. The summed E-state index contributed by atoms with van der Waals surface area (Å²) in [6.07, 6.45) is 3.22. The normalized spacial score (nSPS) is 10.9. The number of nitrogens with zero attached hydrogens (tertiary/aromatic N) is 3. The molecule has 0 fully saturated rings. The Kier molecular flexibility index (Phi) is 6.24. The number of hydrogen-bond donors (Lipinski definition) is 1. The fourth-order valence-corrected chi connectivity index (χ4v) is 2.93. The first kappa shape index (κ1) is 20.1. The predicted molar refractivity (Wildman–Crippen MR) is 117 cm³/mol. The number of anilines is 1. The Labute approximate surface area is 170 Å². The molecule has 0 unspecified atom stereocenters.